The molecule has 2 heterocycles. The van der Waals surface area contributed by atoms with Gasteiger partial charge in [0, 0.05) is 0 Å². The topological polar surface area (TPSA) is 9.23 Å². The minimum absolute atomic E-state index is 0.564. The Labute approximate surface area is 56.4 Å². The highest BCUT2D eigenvalue weighted by molar-refractivity contribution is 4.87. The molecule has 2 saturated heterocycles. The van der Waals surface area contributed by atoms with Gasteiger partial charge in [0.1, 0.15) is 0 Å². The third kappa shape index (κ3) is 0.877. The maximum atomic E-state index is 5.58. The zero-order valence-electron chi connectivity index (χ0n) is 6.02. The van der Waals surface area contributed by atoms with Crippen molar-refractivity contribution >= 4 is 0 Å². The van der Waals surface area contributed by atoms with Gasteiger partial charge in [0.2, 0.25) is 0 Å². The van der Waals surface area contributed by atoms with E-state index in [1.807, 2.05) is 0 Å². The SMILES string of the molecule is CC12CCC(CC1)OC2. The molecular weight excluding hydrogens is 112 g/mol. The lowest BCUT2D eigenvalue weighted by atomic mass is 9.73. The second-order valence-electron chi connectivity index (χ2n) is 3.82. The molecule has 1 aliphatic carbocycles. The van der Waals surface area contributed by atoms with Gasteiger partial charge >= 0.3 is 0 Å². The summed E-state index contributed by atoms with van der Waals surface area (Å²) in [5.41, 5.74) is 0.564. The molecule has 52 valence electrons. The molecule has 2 aliphatic heterocycles. The fourth-order valence-corrected chi connectivity index (χ4v) is 1.92. The lowest BCUT2D eigenvalue weighted by molar-refractivity contribution is -0.106. The molecule has 0 aromatic carbocycles. The summed E-state index contributed by atoms with van der Waals surface area (Å²) < 4.78 is 5.58. The number of fused-ring (bicyclic) bond motifs is 3. The Morgan fingerprint density at radius 2 is 2.00 bits per heavy atom. The maximum absolute atomic E-state index is 5.58. The van der Waals surface area contributed by atoms with Crippen molar-refractivity contribution in [3.05, 3.63) is 0 Å². The molecule has 9 heavy (non-hydrogen) atoms. The summed E-state index contributed by atoms with van der Waals surface area (Å²) in [4.78, 5) is 0. The molecular formula is C8H14O. The molecule has 1 saturated carbocycles. The molecule has 0 spiro atoms. The smallest absolute Gasteiger partial charge is 0.0575 e. The van der Waals surface area contributed by atoms with Gasteiger partial charge in [-0.05, 0) is 31.1 Å². The average molecular weight is 126 g/mol. The molecule has 3 fully saturated rings. The zero-order chi connectivity index (χ0) is 6.32. The lowest BCUT2D eigenvalue weighted by Crippen LogP contribution is -2.40. The molecule has 0 amide bonds. The molecule has 0 aromatic rings. The number of rotatable bonds is 0. The van der Waals surface area contributed by atoms with Gasteiger partial charge in [0.15, 0.2) is 0 Å². The quantitative estimate of drug-likeness (QED) is 0.482. The second-order valence-corrected chi connectivity index (χ2v) is 3.82. The Kier molecular flexibility index (Phi) is 1.10. The van der Waals surface area contributed by atoms with Crippen LogP contribution in [0.15, 0.2) is 0 Å². The van der Waals surface area contributed by atoms with Gasteiger partial charge in [-0.3, -0.25) is 0 Å². The fraction of sp³-hybridized carbons (Fsp3) is 1.00. The number of hydrogen-bond donors (Lipinski definition) is 0. The normalized spacial score (nSPS) is 49.7. The van der Waals surface area contributed by atoms with Crippen LogP contribution in [0, 0.1) is 5.41 Å². The van der Waals surface area contributed by atoms with E-state index < -0.39 is 0 Å². The third-order valence-corrected chi connectivity index (χ3v) is 2.81. The van der Waals surface area contributed by atoms with Crippen LogP contribution in [0.5, 0.6) is 0 Å². The Morgan fingerprint density at radius 3 is 2.22 bits per heavy atom. The van der Waals surface area contributed by atoms with Crippen molar-refractivity contribution < 1.29 is 4.74 Å². The van der Waals surface area contributed by atoms with Crippen molar-refractivity contribution in [1.82, 2.24) is 0 Å². The summed E-state index contributed by atoms with van der Waals surface area (Å²) in [7, 11) is 0. The lowest BCUT2D eigenvalue weighted by Gasteiger charge is -2.43. The van der Waals surface area contributed by atoms with E-state index in [9.17, 15) is 0 Å². The molecule has 0 N–H and O–H groups in total. The first-order valence-corrected chi connectivity index (χ1v) is 3.90. The first-order chi connectivity index (χ1) is 4.29. The van der Waals surface area contributed by atoms with E-state index in [0.717, 1.165) is 6.61 Å². The second kappa shape index (κ2) is 1.72. The van der Waals surface area contributed by atoms with E-state index in [1.165, 1.54) is 25.7 Å². The van der Waals surface area contributed by atoms with Crippen LogP contribution in [-0.4, -0.2) is 12.7 Å². The first kappa shape index (κ1) is 5.72. The average Bonchev–Trinajstić information content (AvgIpc) is 1.90. The monoisotopic (exact) mass is 126 g/mol. The van der Waals surface area contributed by atoms with Crippen LogP contribution in [0.4, 0.5) is 0 Å². The van der Waals surface area contributed by atoms with Crippen molar-refractivity contribution in [2.45, 2.75) is 38.7 Å². The highest BCUT2D eigenvalue weighted by atomic mass is 16.5. The van der Waals surface area contributed by atoms with Crippen molar-refractivity contribution in [3.8, 4) is 0 Å². The predicted molar refractivity (Wildman–Crippen MR) is 36.3 cm³/mol. The van der Waals surface area contributed by atoms with Crippen LogP contribution in [0.2, 0.25) is 0 Å². The van der Waals surface area contributed by atoms with E-state index in [0.29, 0.717) is 11.5 Å². The molecule has 0 aromatic heterocycles. The largest absolute Gasteiger partial charge is 0.378 e. The predicted octanol–water partition coefficient (Wildman–Crippen LogP) is 1.97. The minimum atomic E-state index is 0.564. The van der Waals surface area contributed by atoms with Gasteiger partial charge in [0.25, 0.3) is 0 Å². The van der Waals surface area contributed by atoms with Gasteiger partial charge in [-0.25, -0.2) is 0 Å². The first-order valence-electron chi connectivity index (χ1n) is 3.90. The van der Waals surface area contributed by atoms with Gasteiger partial charge < -0.3 is 4.74 Å². The van der Waals surface area contributed by atoms with Crippen LogP contribution in [0.1, 0.15) is 32.6 Å². The molecule has 3 aliphatic rings. The van der Waals surface area contributed by atoms with Crippen LogP contribution >= 0.6 is 0 Å². The fourth-order valence-electron chi connectivity index (χ4n) is 1.92. The van der Waals surface area contributed by atoms with Crippen molar-refractivity contribution in [2.24, 2.45) is 5.41 Å². The van der Waals surface area contributed by atoms with E-state index in [-0.39, 0.29) is 0 Å². The standard InChI is InChI=1S/C8H14O/c1-8-4-2-7(3-5-8)9-6-8/h7H,2-6H2,1H3. The third-order valence-electron chi connectivity index (χ3n) is 2.81. The Hall–Kier alpha value is -0.0400. The van der Waals surface area contributed by atoms with Gasteiger partial charge in [-0.15, -0.1) is 0 Å². The summed E-state index contributed by atoms with van der Waals surface area (Å²) in [6.45, 7) is 3.38. The molecule has 0 unspecified atom stereocenters. The summed E-state index contributed by atoms with van der Waals surface area (Å²) in [5.74, 6) is 0. The summed E-state index contributed by atoms with van der Waals surface area (Å²) in [6.07, 6.45) is 6.06. The van der Waals surface area contributed by atoms with Crippen LogP contribution < -0.4 is 0 Å². The molecule has 1 nitrogen and oxygen atoms in total. The number of hydrogen-bond acceptors (Lipinski definition) is 1. The van der Waals surface area contributed by atoms with E-state index in [2.05, 4.69) is 6.92 Å². The van der Waals surface area contributed by atoms with Crippen molar-refractivity contribution in [3.63, 3.8) is 0 Å². The Balaban J connectivity index is 2.11. The van der Waals surface area contributed by atoms with E-state index in [4.69, 9.17) is 4.74 Å². The van der Waals surface area contributed by atoms with Crippen LogP contribution in [-0.2, 0) is 4.74 Å². The Morgan fingerprint density at radius 1 is 1.33 bits per heavy atom. The minimum Gasteiger partial charge on any atom is -0.378 e. The Bertz CT molecular complexity index is 98.0. The van der Waals surface area contributed by atoms with E-state index in [1.54, 1.807) is 0 Å². The highest BCUT2D eigenvalue weighted by Crippen LogP contribution is 2.42. The molecule has 3 rings (SSSR count). The summed E-state index contributed by atoms with van der Waals surface area (Å²) >= 11 is 0. The van der Waals surface area contributed by atoms with Gasteiger partial charge in [0.05, 0.1) is 12.7 Å². The molecule has 1 heteroatoms. The molecule has 0 radical (unpaired) electrons. The van der Waals surface area contributed by atoms with E-state index >= 15 is 0 Å². The van der Waals surface area contributed by atoms with Crippen molar-refractivity contribution in [2.75, 3.05) is 6.61 Å². The maximum Gasteiger partial charge on any atom is 0.0575 e. The summed E-state index contributed by atoms with van der Waals surface area (Å²) in [6, 6.07) is 0. The van der Waals surface area contributed by atoms with Gasteiger partial charge in [-0.2, -0.15) is 0 Å². The molecule has 0 atom stereocenters. The highest BCUT2D eigenvalue weighted by Gasteiger charge is 2.37. The van der Waals surface area contributed by atoms with Gasteiger partial charge in [-0.1, -0.05) is 6.92 Å². The van der Waals surface area contributed by atoms with Crippen molar-refractivity contribution in [1.29, 1.82) is 0 Å². The summed E-state index contributed by atoms with van der Waals surface area (Å²) in [5, 5.41) is 0. The number of ether oxygens (including phenoxy) is 1. The zero-order valence-corrected chi connectivity index (χ0v) is 6.02. The molecule has 2 bridgehead atoms. The van der Waals surface area contributed by atoms with Crippen LogP contribution in [0.25, 0.3) is 0 Å². The van der Waals surface area contributed by atoms with Crippen LogP contribution in [0.3, 0.4) is 0 Å².